The van der Waals surface area contributed by atoms with E-state index in [-0.39, 0.29) is 18.2 Å². The monoisotopic (exact) mass is 388 g/mol. The Kier molecular flexibility index (Phi) is 5.91. The highest BCUT2D eigenvalue weighted by Crippen LogP contribution is 2.33. The first-order chi connectivity index (χ1) is 10.2. The van der Waals surface area contributed by atoms with Crippen LogP contribution < -0.4 is 10.6 Å². The molecule has 2 N–H and O–H groups in total. The van der Waals surface area contributed by atoms with E-state index in [1.165, 1.54) is 17.7 Å². The van der Waals surface area contributed by atoms with Gasteiger partial charge in [0.25, 0.3) is 0 Å². The molecule has 1 fully saturated rings. The lowest BCUT2D eigenvalue weighted by atomic mass is 10.1. The van der Waals surface area contributed by atoms with Gasteiger partial charge in [0.15, 0.2) is 0 Å². The molecule has 6 heteroatoms. The topological polar surface area (TPSA) is 50.4 Å². The zero-order valence-electron chi connectivity index (χ0n) is 13.6. The van der Waals surface area contributed by atoms with Gasteiger partial charge in [-0.25, -0.2) is 4.79 Å². The van der Waals surface area contributed by atoms with Crippen LogP contribution in [0.3, 0.4) is 0 Å². The van der Waals surface area contributed by atoms with Crippen LogP contribution in [-0.4, -0.2) is 24.3 Å². The van der Waals surface area contributed by atoms with Crippen LogP contribution in [0.1, 0.15) is 51.5 Å². The third-order valence-corrected chi connectivity index (χ3v) is 5.36. The Hall–Kier alpha value is -0.590. The van der Waals surface area contributed by atoms with Crippen LogP contribution >= 0.6 is 27.3 Å². The zero-order valence-corrected chi connectivity index (χ0v) is 16.0. The molecule has 0 bridgehead atoms. The Balaban J connectivity index is 1.83. The lowest BCUT2D eigenvalue weighted by Crippen LogP contribution is -2.45. The summed E-state index contributed by atoms with van der Waals surface area (Å²) in [5, 5.41) is 6.54. The third-order valence-electron chi connectivity index (χ3n) is 3.56. The average molecular weight is 389 g/mol. The summed E-state index contributed by atoms with van der Waals surface area (Å²) in [5.41, 5.74) is -0.456. The van der Waals surface area contributed by atoms with Crippen LogP contribution in [0.5, 0.6) is 0 Å². The molecule has 0 radical (unpaired) electrons. The van der Waals surface area contributed by atoms with Gasteiger partial charge in [0.2, 0.25) is 0 Å². The minimum absolute atomic E-state index is 0.140. The van der Waals surface area contributed by atoms with E-state index in [0.29, 0.717) is 5.92 Å². The van der Waals surface area contributed by atoms with E-state index in [1.807, 2.05) is 20.8 Å². The SMILES string of the molecule is CC(NCC(NC(=O)OC(C)(C)C)C1CC1)c1ccc(Br)s1. The van der Waals surface area contributed by atoms with Crippen LogP contribution in [0.15, 0.2) is 15.9 Å². The van der Waals surface area contributed by atoms with Gasteiger partial charge in [0.1, 0.15) is 5.60 Å². The number of halogens is 1. The van der Waals surface area contributed by atoms with Gasteiger partial charge in [0, 0.05) is 23.5 Å². The Bertz CT molecular complexity index is 508. The molecule has 0 aliphatic heterocycles. The van der Waals surface area contributed by atoms with Crippen molar-refractivity contribution in [3.8, 4) is 0 Å². The first-order valence-electron chi connectivity index (χ1n) is 7.73. The molecule has 1 amide bonds. The number of hydrogen-bond acceptors (Lipinski definition) is 4. The largest absolute Gasteiger partial charge is 0.444 e. The minimum Gasteiger partial charge on any atom is -0.444 e. The lowest BCUT2D eigenvalue weighted by molar-refractivity contribution is 0.0497. The van der Waals surface area contributed by atoms with Crippen molar-refractivity contribution < 1.29 is 9.53 Å². The van der Waals surface area contributed by atoms with E-state index in [4.69, 9.17) is 4.74 Å². The van der Waals surface area contributed by atoms with Crippen molar-refractivity contribution in [2.45, 2.75) is 58.2 Å². The Morgan fingerprint density at radius 1 is 1.45 bits per heavy atom. The van der Waals surface area contributed by atoms with Gasteiger partial charge in [-0.15, -0.1) is 11.3 Å². The van der Waals surface area contributed by atoms with Gasteiger partial charge in [-0.3, -0.25) is 0 Å². The number of alkyl carbamates (subject to hydrolysis) is 1. The molecular formula is C16H25BrN2O2S. The van der Waals surface area contributed by atoms with Gasteiger partial charge in [0.05, 0.1) is 3.79 Å². The van der Waals surface area contributed by atoms with Gasteiger partial charge in [-0.1, -0.05) is 0 Å². The molecule has 0 spiro atoms. The number of rotatable bonds is 6. The van der Waals surface area contributed by atoms with E-state index in [1.54, 1.807) is 11.3 Å². The van der Waals surface area contributed by atoms with Crippen molar-refractivity contribution in [1.82, 2.24) is 10.6 Å². The number of amides is 1. The molecule has 1 aromatic rings. The fraction of sp³-hybridized carbons (Fsp3) is 0.688. The van der Waals surface area contributed by atoms with Crippen LogP contribution in [0, 0.1) is 5.92 Å². The lowest BCUT2D eigenvalue weighted by Gasteiger charge is -2.25. The molecular weight excluding hydrogens is 364 g/mol. The summed E-state index contributed by atoms with van der Waals surface area (Å²) in [6.45, 7) is 8.56. The summed E-state index contributed by atoms with van der Waals surface area (Å²) < 4.78 is 6.50. The summed E-state index contributed by atoms with van der Waals surface area (Å²) in [6, 6.07) is 4.61. The van der Waals surface area contributed by atoms with Gasteiger partial charge in [-0.05, 0) is 74.5 Å². The molecule has 1 aliphatic carbocycles. The minimum atomic E-state index is -0.456. The molecule has 1 aliphatic rings. The second-order valence-corrected chi connectivity index (χ2v) is 9.36. The summed E-state index contributed by atoms with van der Waals surface area (Å²) in [7, 11) is 0. The van der Waals surface area contributed by atoms with E-state index in [2.05, 4.69) is 45.6 Å². The van der Waals surface area contributed by atoms with Gasteiger partial charge < -0.3 is 15.4 Å². The number of carbonyl (C=O) groups excluding carboxylic acids is 1. The predicted octanol–water partition coefficient (Wildman–Crippen LogP) is 4.46. The highest BCUT2D eigenvalue weighted by Gasteiger charge is 2.33. The van der Waals surface area contributed by atoms with Crippen molar-refractivity contribution in [2.24, 2.45) is 5.92 Å². The molecule has 2 unspecified atom stereocenters. The van der Waals surface area contributed by atoms with Crippen molar-refractivity contribution in [3.63, 3.8) is 0 Å². The maximum Gasteiger partial charge on any atom is 0.407 e. The highest BCUT2D eigenvalue weighted by atomic mass is 79.9. The maximum atomic E-state index is 12.0. The molecule has 0 saturated heterocycles. The summed E-state index contributed by atoms with van der Waals surface area (Å²) in [4.78, 5) is 13.2. The summed E-state index contributed by atoms with van der Waals surface area (Å²) in [6.07, 6.45) is 2.04. The van der Waals surface area contributed by atoms with Crippen LogP contribution in [0.4, 0.5) is 4.79 Å². The first kappa shape index (κ1) is 17.8. The summed E-state index contributed by atoms with van der Waals surface area (Å²) >= 11 is 5.23. The molecule has 4 nitrogen and oxygen atoms in total. The van der Waals surface area contributed by atoms with Crippen molar-refractivity contribution in [1.29, 1.82) is 0 Å². The molecule has 0 aromatic carbocycles. The van der Waals surface area contributed by atoms with Crippen molar-refractivity contribution in [2.75, 3.05) is 6.54 Å². The Labute approximate surface area is 145 Å². The smallest absolute Gasteiger partial charge is 0.407 e. The van der Waals surface area contributed by atoms with Crippen molar-refractivity contribution >= 4 is 33.4 Å². The molecule has 22 heavy (non-hydrogen) atoms. The van der Waals surface area contributed by atoms with Gasteiger partial charge in [-0.2, -0.15) is 0 Å². The number of ether oxygens (including phenoxy) is 1. The fourth-order valence-corrected chi connectivity index (χ4v) is 3.71. The van der Waals surface area contributed by atoms with E-state index < -0.39 is 5.60 Å². The normalized spacial score (nSPS) is 17.9. The average Bonchev–Trinajstić information content (AvgIpc) is 3.14. The molecule has 124 valence electrons. The maximum absolute atomic E-state index is 12.0. The molecule has 1 aromatic heterocycles. The third kappa shape index (κ3) is 5.89. The number of carbonyl (C=O) groups is 1. The molecule has 2 rings (SSSR count). The summed E-state index contributed by atoms with van der Waals surface area (Å²) in [5.74, 6) is 0.572. The van der Waals surface area contributed by atoms with E-state index in [0.717, 1.165) is 10.3 Å². The molecule has 1 heterocycles. The first-order valence-corrected chi connectivity index (χ1v) is 9.33. The quantitative estimate of drug-likeness (QED) is 0.755. The van der Waals surface area contributed by atoms with Crippen molar-refractivity contribution in [3.05, 3.63) is 20.8 Å². The Morgan fingerprint density at radius 3 is 2.64 bits per heavy atom. The number of hydrogen-bond donors (Lipinski definition) is 2. The van der Waals surface area contributed by atoms with Crippen LogP contribution in [-0.2, 0) is 4.74 Å². The number of thiophene rings is 1. The fourth-order valence-electron chi connectivity index (χ4n) is 2.26. The zero-order chi connectivity index (χ0) is 16.3. The standard InChI is InChI=1S/C16H25BrN2O2S/c1-10(13-7-8-14(17)22-13)18-9-12(11-5-6-11)19-15(20)21-16(2,3)4/h7-8,10-12,18H,5-6,9H2,1-4H3,(H,19,20). The van der Waals surface area contributed by atoms with Gasteiger partial charge >= 0.3 is 6.09 Å². The van der Waals surface area contributed by atoms with E-state index in [9.17, 15) is 4.79 Å². The second kappa shape index (κ2) is 7.32. The van der Waals surface area contributed by atoms with Crippen LogP contribution in [0.25, 0.3) is 0 Å². The molecule has 2 atom stereocenters. The number of nitrogens with one attached hydrogen (secondary N) is 2. The second-order valence-electron chi connectivity index (χ2n) is 6.86. The molecule has 1 saturated carbocycles. The predicted molar refractivity (Wildman–Crippen MR) is 94.3 cm³/mol. The highest BCUT2D eigenvalue weighted by molar-refractivity contribution is 9.11. The Morgan fingerprint density at radius 2 is 2.14 bits per heavy atom. The van der Waals surface area contributed by atoms with E-state index >= 15 is 0 Å². The van der Waals surface area contributed by atoms with Crippen LogP contribution in [0.2, 0.25) is 0 Å².